The number of fused-ring (bicyclic) bond motifs is 1. The molecule has 0 aliphatic rings. The predicted molar refractivity (Wildman–Crippen MR) is 88.9 cm³/mol. The molecular formula is C17H14BrClO2. The van der Waals surface area contributed by atoms with Gasteiger partial charge in [-0.1, -0.05) is 39.7 Å². The normalized spacial score (nSPS) is 12.8. The van der Waals surface area contributed by atoms with Crippen LogP contribution in [0.15, 0.2) is 45.3 Å². The van der Waals surface area contributed by atoms with Crippen molar-refractivity contribution < 1.29 is 9.52 Å². The van der Waals surface area contributed by atoms with E-state index in [1.807, 2.05) is 50.2 Å². The number of aliphatic hydroxyl groups is 1. The van der Waals surface area contributed by atoms with Gasteiger partial charge < -0.3 is 9.52 Å². The molecule has 0 aliphatic carbocycles. The maximum Gasteiger partial charge on any atom is 0.141 e. The zero-order valence-corrected chi connectivity index (χ0v) is 14.0. The smallest absolute Gasteiger partial charge is 0.141 e. The first-order valence-corrected chi connectivity index (χ1v) is 7.77. The van der Waals surface area contributed by atoms with Crippen molar-refractivity contribution in [2.24, 2.45) is 0 Å². The van der Waals surface area contributed by atoms with Crippen molar-refractivity contribution in [2.75, 3.05) is 0 Å². The van der Waals surface area contributed by atoms with Gasteiger partial charge >= 0.3 is 0 Å². The second kappa shape index (κ2) is 5.48. The molecule has 1 unspecified atom stereocenters. The van der Waals surface area contributed by atoms with E-state index in [4.69, 9.17) is 16.0 Å². The largest absolute Gasteiger partial charge is 0.458 e. The summed E-state index contributed by atoms with van der Waals surface area (Å²) >= 11 is 9.56. The Labute approximate surface area is 136 Å². The lowest BCUT2D eigenvalue weighted by molar-refractivity contribution is 0.191. The van der Waals surface area contributed by atoms with E-state index >= 15 is 0 Å². The fraction of sp³-hybridized carbons (Fsp3) is 0.176. The minimum atomic E-state index is -0.787. The fourth-order valence-corrected chi connectivity index (χ4v) is 2.85. The van der Waals surface area contributed by atoms with Crippen LogP contribution >= 0.6 is 27.5 Å². The highest BCUT2D eigenvalue weighted by molar-refractivity contribution is 9.10. The molecule has 1 heterocycles. The molecule has 0 amide bonds. The van der Waals surface area contributed by atoms with Crippen LogP contribution in [-0.4, -0.2) is 5.11 Å². The summed E-state index contributed by atoms with van der Waals surface area (Å²) in [5.41, 5.74) is 3.42. The van der Waals surface area contributed by atoms with Crippen LogP contribution in [0.1, 0.15) is 28.6 Å². The minimum Gasteiger partial charge on any atom is -0.458 e. The molecule has 0 saturated heterocycles. The lowest BCUT2D eigenvalue weighted by Crippen LogP contribution is -1.99. The minimum absolute atomic E-state index is 0.564. The SMILES string of the molecule is Cc1cc2oc(C(O)c3ccc(Br)cc3)c(C)c2cc1Cl. The van der Waals surface area contributed by atoms with Gasteiger partial charge in [-0.2, -0.15) is 0 Å². The molecule has 3 rings (SSSR count). The van der Waals surface area contributed by atoms with Gasteiger partial charge in [0.05, 0.1) is 0 Å². The van der Waals surface area contributed by atoms with Crippen molar-refractivity contribution in [2.45, 2.75) is 20.0 Å². The summed E-state index contributed by atoms with van der Waals surface area (Å²) < 4.78 is 6.83. The van der Waals surface area contributed by atoms with Crippen molar-refractivity contribution in [3.8, 4) is 0 Å². The topological polar surface area (TPSA) is 33.4 Å². The van der Waals surface area contributed by atoms with Crippen molar-refractivity contribution in [1.29, 1.82) is 0 Å². The van der Waals surface area contributed by atoms with Crippen molar-refractivity contribution in [3.63, 3.8) is 0 Å². The summed E-state index contributed by atoms with van der Waals surface area (Å²) in [5.74, 6) is 0.564. The van der Waals surface area contributed by atoms with Gasteiger partial charge in [0.1, 0.15) is 17.4 Å². The molecule has 0 bridgehead atoms. The highest BCUT2D eigenvalue weighted by Crippen LogP contribution is 2.35. The molecule has 0 radical (unpaired) electrons. The number of furan rings is 1. The van der Waals surface area contributed by atoms with Crippen molar-refractivity contribution in [1.82, 2.24) is 0 Å². The lowest BCUT2D eigenvalue weighted by Gasteiger charge is -2.09. The van der Waals surface area contributed by atoms with Crippen LogP contribution in [0.5, 0.6) is 0 Å². The van der Waals surface area contributed by atoms with Gasteiger partial charge in [-0.15, -0.1) is 0 Å². The number of aliphatic hydroxyl groups excluding tert-OH is 1. The standard InChI is InChI=1S/C17H14BrClO2/c1-9-7-15-13(8-14(9)19)10(2)17(21-15)16(20)11-3-5-12(18)6-4-11/h3-8,16,20H,1-2H3. The Hall–Kier alpha value is -1.29. The van der Waals surface area contributed by atoms with Crippen molar-refractivity contribution >= 4 is 38.5 Å². The molecule has 0 saturated carbocycles. The van der Waals surface area contributed by atoms with Crippen molar-refractivity contribution in [3.05, 3.63) is 68.3 Å². The summed E-state index contributed by atoms with van der Waals surface area (Å²) in [6.07, 6.45) is -0.787. The Morgan fingerprint density at radius 2 is 1.81 bits per heavy atom. The number of aryl methyl sites for hydroxylation is 2. The van der Waals surface area contributed by atoms with E-state index in [9.17, 15) is 5.11 Å². The summed E-state index contributed by atoms with van der Waals surface area (Å²) in [7, 11) is 0. The maximum atomic E-state index is 10.6. The summed E-state index contributed by atoms with van der Waals surface area (Å²) in [5, 5.41) is 12.2. The molecular weight excluding hydrogens is 352 g/mol. The molecule has 0 spiro atoms. The van der Waals surface area contributed by atoms with E-state index in [2.05, 4.69) is 15.9 Å². The highest BCUT2D eigenvalue weighted by Gasteiger charge is 2.20. The Kier molecular flexibility index (Phi) is 3.82. The van der Waals surface area contributed by atoms with Gasteiger partial charge in [0.2, 0.25) is 0 Å². The quantitative estimate of drug-likeness (QED) is 0.646. The zero-order valence-electron chi connectivity index (χ0n) is 11.7. The maximum absolute atomic E-state index is 10.6. The van der Waals surface area contributed by atoms with Crippen LogP contribution in [0.2, 0.25) is 5.02 Å². The predicted octanol–water partition coefficient (Wildman–Crippen LogP) is 5.55. The van der Waals surface area contributed by atoms with Gasteiger partial charge in [-0.05, 0) is 49.2 Å². The molecule has 1 aromatic heterocycles. The number of hydrogen-bond acceptors (Lipinski definition) is 2. The van der Waals surface area contributed by atoms with Crippen LogP contribution < -0.4 is 0 Å². The summed E-state index contributed by atoms with van der Waals surface area (Å²) in [6.45, 7) is 3.87. The van der Waals surface area contributed by atoms with Gasteiger partial charge in [0, 0.05) is 20.4 Å². The average Bonchev–Trinajstić information content (AvgIpc) is 2.77. The molecule has 4 heteroatoms. The van der Waals surface area contributed by atoms with E-state index < -0.39 is 6.10 Å². The third-order valence-electron chi connectivity index (χ3n) is 3.69. The molecule has 0 aliphatic heterocycles. The number of halogens is 2. The Balaban J connectivity index is 2.11. The van der Waals surface area contributed by atoms with Gasteiger partial charge in [-0.25, -0.2) is 0 Å². The molecule has 108 valence electrons. The van der Waals surface area contributed by atoms with E-state index in [0.717, 1.165) is 32.1 Å². The molecule has 0 fully saturated rings. The zero-order chi connectivity index (χ0) is 15.1. The van der Waals surface area contributed by atoms with E-state index in [0.29, 0.717) is 10.8 Å². The first kappa shape index (κ1) is 14.6. The number of rotatable bonds is 2. The van der Waals surface area contributed by atoms with Crippen LogP contribution in [0, 0.1) is 13.8 Å². The van der Waals surface area contributed by atoms with Crippen LogP contribution in [0.4, 0.5) is 0 Å². The Bertz CT molecular complexity index is 806. The van der Waals surface area contributed by atoms with Gasteiger partial charge in [-0.3, -0.25) is 0 Å². The molecule has 21 heavy (non-hydrogen) atoms. The Morgan fingerprint density at radius 1 is 1.14 bits per heavy atom. The van der Waals surface area contributed by atoms with E-state index in [1.54, 1.807) is 0 Å². The van der Waals surface area contributed by atoms with E-state index in [1.165, 1.54) is 0 Å². The third-order valence-corrected chi connectivity index (χ3v) is 4.62. The van der Waals surface area contributed by atoms with Crippen LogP contribution in [0.25, 0.3) is 11.0 Å². The fourth-order valence-electron chi connectivity index (χ4n) is 2.42. The number of hydrogen-bond donors (Lipinski definition) is 1. The first-order chi connectivity index (χ1) is 9.97. The van der Waals surface area contributed by atoms with Gasteiger partial charge in [0.25, 0.3) is 0 Å². The second-order valence-electron chi connectivity index (χ2n) is 5.14. The molecule has 1 atom stereocenters. The van der Waals surface area contributed by atoms with Crippen LogP contribution in [0.3, 0.4) is 0 Å². The summed E-state index contributed by atoms with van der Waals surface area (Å²) in [4.78, 5) is 0. The monoisotopic (exact) mass is 364 g/mol. The highest BCUT2D eigenvalue weighted by atomic mass is 79.9. The second-order valence-corrected chi connectivity index (χ2v) is 6.47. The Morgan fingerprint density at radius 3 is 2.48 bits per heavy atom. The number of benzene rings is 2. The molecule has 2 nitrogen and oxygen atoms in total. The molecule has 1 N–H and O–H groups in total. The molecule has 2 aromatic carbocycles. The summed E-state index contributed by atoms with van der Waals surface area (Å²) in [6, 6.07) is 11.3. The van der Waals surface area contributed by atoms with E-state index in [-0.39, 0.29) is 0 Å². The molecule has 3 aromatic rings. The van der Waals surface area contributed by atoms with Crippen LogP contribution in [-0.2, 0) is 0 Å². The average molecular weight is 366 g/mol. The van der Waals surface area contributed by atoms with Gasteiger partial charge in [0.15, 0.2) is 0 Å². The lowest BCUT2D eigenvalue weighted by atomic mass is 10.0. The first-order valence-electron chi connectivity index (χ1n) is 6.60. The third kappa shape index (κ3) is 2.61.